The molecule has 1 aliphatic carbocycles. The number of amides is 2. The Hall–Kier alpha value is -4.41. The van der Waals surface area contributed by atoms with Crippen LogP contribution < -0.4 is 16.0 Å². The zero-order valence-electron chi connectivity index (χ0n) is 20.4. The van der Waals surface area contributed by atoms with Crippen LogP contribution in [0.15, 0.2) is 78.9 Å². The Kier molecular flexibility index (Phi) is 7.02. The number of nitrogens with one attached hydrogen (secondary N) is 3. The highest BCUT2D eigenvalue weighted by Gasteiger charge is 2.24. The summed E-state index contributed by atoms with van der Waals surface area (Å²) in [5.74, 6) is -0.264. The maximum absolute atomic E-state index is 13.3. The first kappa shape index (κ1) is 24.3. The quantitative estimate of drug-likeness (QED) is 0.267. The van der Waals surface area contributed by atoms with E-state index in [1.807, 2.05) is 73.7 Å². The third kappa shape index (κ3) is 5.88. The van der Waals surface area contributed by atoms with Crippen molar-refractivity contribution in [3.05, 3.63) is 106 Å². The van der Waals surface area contributed by atoms with Crippen LogP contribution >= 0.6 is 11.3 Å². The van der Waals surface area contributed by atoms with Crippen molar-refractivity contribution in [2.75, 3.05) is 5.32 Å². The Morgan fingerprint density at radius 3 is 2.54 bits per heavy atom. The Bertz CT molecular complexity index is 1500. The highest BCUT2D eigenvalue weighted by Crippen LogP contribution is 2.37. The molecule has 0 saturated heterocycles. The second-order valence-electron chi connectivity index (χ2n) is 9.12. The van der Waals surface area contributed by atoms with Crippen LogP contribution in [0, 0.1) is 18.3 Å². The molecule has 0 spiro atoms. The van der Waals surface area contributed by atoms with E-state index in [4.69, 9.17) is 0 Å². The Morgan fingerprint density at radius 1 is 0.973 bits per heavy atom. The Morgan fingerprint density at radius 2 is 1.78 bits per heavy atom. The molecule has 7 heteroatoms. The molecule has 1 aliphatic rings. The molecule has 0 aliphatic heterocycles. The number of carbonyl (C=O) groups is 2. The van der Waals surface area contributed by atoms with Gasteiger partial charge in [-0.25, -0.2) is 0 Å². The van der Waals surface area contributed by atoms with Crippen molar-refractivity contribution < 1.29 is 9.59 Å². The van der Waals surface area contributed by atoms with Crippen LogP contribution in [0.4, 0.5) is 10.7 Å². The first-order valence-electron chi connectivity index (χ1n) is 12.1. The largest absolute Gasteiger partial charge is 0.349 e. The van der Waals surface area contributed by atoms with Crippen molar-refractivity contribution in [3.8, 4) is 17.2 Å². The van der Waals surface area contributed by atoms with E-state index in [0.29, 0.717) is 22.5 Å². The highest BCUT2D eigenvalue weighted by atomic mass is 32.1. The maximum atomic E-state index is 13.3. The van der Waals surface area contributed by atoms with Crippen LogP contribution in [0.5, 0.6) is 0 Å². The van der Waals surface area contributed by atoms with Crippen LogP contribution in [0.2, 0.25) is 0 Å². The summed E-state index contributed by atoms with van der Waals surface area (Å²) in [7, 11) is 0. The summed E-state index contributed by atoms with van der Waals surface area (Å²) >= 11 is 1.34. The fourth-order valence-corrected chi connectivity index (χ4v) is 4.99. The van der Waals surface area contributed by atoms with E-state index in [-0.39, 0.29) is 17.9 Å². The van der Waals surface area contributed by atoms with Crippen molar-refractivity contribution in [1.29, 1.82) is 5.26 Å². The van der Waals surface area contributed by atoms with Gasteiger partial charge >= 0.3 is 0 Å². The molecule has 0 atom stereocenters. The molecule has 0 radical (unpaired) electrons. The van der Waals surface area contributed by atoms with Crippen LogP contribution in [0.3, 0.4) is 0 Å². The van der Waals surface area contributed by atoms with E-state index in [9.17, 15) is 14.9 Å². The van der Waals surface area contributed by atoms with Gasteiger partial charge in [-0.1, -0.05) is 48.5 Å². The van der Waals surface area contributed by atoms with Gasteiger partial charge in [0.2, 0.25) is 0 Å². The summed E-state index contributed by atoms with van der Waals surface area (Å²) in [4.78, 5) is 26.4. The molecule has 6 nitrogen and oxygen atoms in total. The van der Waals surface area contributed by atoms with Gasteiger partial charge < -0.3 is 16.0 Å². The number of benzene rings is 3. The number of nitriles is 1. The van der Waals surface area contributed by atoms with E-state index in [0.717, 1.165) is 45.8 Å². The third-order valence-corrected chi connectivity index (χ3v) is 7.26. The summed E-state index contributed by atoms with van der Waals surface area (Å²) in [5.41, 5.74) is 5.46. The van der Waals surface area contributed by atoms with Gasteiger partial charge in [0, 0.05) is 29.4 Å². The Balaban J connectivity index is 1.45. The number of hydrogen-bond acceptors (Lipinski definition) is 5. The molecule has 37 heavy (non-hydrogen) atoms. The molecule has 184 valence electrons. The second-order valence-corrected chi connectivity index (χ2v) is 10.2. The van der Waals surface area contributed by atoms with Gasteiger partial charge in [0.25, 0.3) is 11.8 Å². The van der Waals surface area contributed by atoms with Crippen molar-refractivity contribution in [1.82, 2.24) is 10.6 Å². The molecule has 0 unspecified atom stereocenters. The number of carbonyl (C=O) groups excluding carboxylic acids is 2. The number of hydrogen-bond donors (Lipinski definition) is 3. The monoisotopic (exact) mass is 506 g/mol. The van der Waals surface area contributed by atoms with Gasteiger partial charge in [0.05, 0.1) is 16.6 Å². The molecule has 1 heterocycles. The standard InChI is InChI=1S/C30H26N4O2S/c1-19-10-11-23(29(35)33-24-12-13-24)15-26(19)34-27-16-25(22-9-5-8-21(14-22)17-31)28(37-27)30(36)32-18-20-6-3-2-4-7-20/h2-11,14-16,24,34H,12-13,18H2,1H3,(H,32,36)(H,33,35). The summed E-state index contributed by atoms with van der Waals surface area (Å²) in [6.07, 6.45) is 2.06. The molecule has 0 bridgehead atoms. The van der Waals surface area contributed by atoms with Crippen molar-refractivity contribution in [3.63, 3.8) is 0 Å². The lowest BCUT2D eigenvalue weighted by Gasteiger charge is -2.10. The zero-order valence-corrected chi connectivity index (χ0v) is 21.2. The molecule has 2 amide bonds. The smallest absolute Gasteiger partial charge is 0.262 e. The van der Waals surface area contributed by atoms with E-state index in [1.54, 1.807) is 12.1 Å². The maximum Gasteiger partial charge on any atom is 0.262 e. The molecule has 1 fully saturated rings. The zero-order chi connectivity index (χ0) is 25.8. The second kappa shape index (κ2) is 10.7. The molecule has 3 aromatic carbocycles. The minimum absolute atomic E-state index is 0.0771. The molecular formula is C30H26N4O2S. The first-order valence-corrected chi connectivity index (χ1v) is 13.0. The molecule has 1 aromatic heterocycles. The van der Waals surface area contributed by atoms with Crippen molar-refractivity contribution in [2.45, 2.75) is 32.4 Å². The highest BCUT2D eigenvalue weighted by molar-refractivity contribution is 7.18. The number of aryl methyl sites for hydroxylation is 1. The normalized spacial score (nSPS) is 12.4. The number of thiophene rings is 1. The lowest BCUT2D eigenvalue weighted by Crippen LogP contribution is -2.25. The van der Waals surface area contributed by atoms with Gasteiger partial charge in [0.15, 0.2) is 0 Å². The average Bonchev–Trinajstić information content (AvgIpc) is 3.64. The van der Waals surface area contributed by atoms with Gasteiger partial charge in [-0.05, 0) is 66.8 Å². The van der Waals surface area contributed by atoms with Crippen LogP contribution in [0.1, 0.15) is 49.6 Å². The summed E-state index contributed by atoms with van der Waals surface area (Å²) < 4.78 is 0. The predicted octanol–water partition coefficient (Wildman–Crippen LogP) is 6.16. The van der Waals surface area contributed by atoms with E-state index in [1.165, 1.54) is 11.3 Å². The van der Waals surface area contributed by atoms with Gasteiger partial charge in [0.1, 0.15) is 4.88 Å². The molecule has 1 saturated carbocycles. The molecule has 3 N–H and O–H groups in total. The molecule has 4 aromatic rings. The van der Waals surface area contributed by atoms with Crippen molar-refractivity contribution in [2.24, 2.45) is 0 Å². The number of anilines is 2. The van der Waals surface area contributed by atoms with Crippen LogP contribution in [0.25, 0.3) is 11.1 Å². The van der Waals surface area contributed by atoms with Crippen LogP contribution in [-0.4, -0.2) is 17.9 Å². The fraction of sp³-hybridized carbons (Fsp3) is 0.167. The topological polar surface area (TPSA) is 94.0 Å². The minimum Gasteiger partial charge on any atom is -0.349 e. The van der Waals surface area contributed by atoms with Gasteiger partial charge in [-0.2, -0.15) is 5.26 Å². The Labute approximate surface area is 220 Å². The summed E-state index contributed by atoms with van der Waals surface area (Å²) in [6, 6.07) is 27.0. The first-order chi connectivity index (χ1) is 18.0. The fourth-order valence-electron chi connectivity index (χ4n) is 3.98. The van der Waals surface area contributed by atoms with E-state index in [2.05, 4.69) is 22.0 Å². The predicted molar refractivity (Wildman–Crippen MR) is 147 cm³/mol. The van der Waals surface area contributed by atoms with E-state index < -0.39 is 0 Å². The third-order valence-electron chi connectivity index (χ3n) is 6.21. The SMILES string of the molecule is Cc1ccc(C(=O)NC2CC2)cc1Nc1cc(-c2cccc(C#N)c2)c(C(=O)NCc2ccccc2)s1. The van der Waals surface area contributed by atoms with E-state index >= 15 is 0 Å². The van der Waals surface area contributed by atoms with Crippen LogP contribution in [-0.2, 0) is 6.54 Å². The van der Waals surface area contributed by atoms with Gasteiger partial charge in [-0.3, -0.25) is 9.59 Å². The minimum atomic E-state index is -0.187. The average molecular weight is 507 g/mol. The molecular weight excluding hydrogens is 480 g/mol. The summed E-state index contributed by atoms with van der Waals surface area (Å²) in [6.45, 7) is 2.39. The number of nitrogens with zero attached hydrogens (tertiary/aromatic N) is 1. The van der Waals surface area contributed by atoms with Crippen molar-refractivity contribution >= 4 is 33.8 Å². The lowest BCUT2D eigenvalue weighted by atomic mass is 10.0. The van der Waals surface area contributed by atoms with Gasteiger partial charge in [-0.15, -0.1) is 11.3 Å². The summed E-state index contributed by atoms with van der Waals surface area (Å²) in [5, 5.41) is 19.6. The number of rotatable bonds is 8. The molecule has 5 rings (SSSR count). The lowest BCUT2D eigenvalue weighted by molar-refractivity contribution is 0.0944.